The van der Waals surface area contributed by atoms with Crippen molar-refractivity contribution in [2.24, 2.45) is 5.92 Å². The first-order valence-electron chi connectivity index (χ1n) is 10.7. The molecule has 1 amide bonds. The minimum Gasteiger partial charge on any atom is -0.351 e. The van der Waals surface area contributed by atoms with E-state index in [1.165, 1.54) is 48.2 Å². The molecule has 2 aliphatic rings. The number of carbonyl (C=O) groups is 1. The first kappa shape index (κ1) is 22.5. The number of hydrogen-bond acceptors (Lipinski definition) is 4. The molecule has 2 fully saturated rings. The lowest BCUT2D eigenvalue weighted by Crippen LogP contribution is -2.38. The van der Waals surface area contributed by atoms with Gasteiger partial charge in [-0.3, -0.25) is 4.79 Å². The first-order valence-corrected chi connectivity index (χ1v) is 12.5. The topological polar surface area (TPSA) is 69.7 Å². The maximum atomic E-state index is 13.0. The largest absolute Gasteiger partial charge is 0.351 e. The molecule has 0 aromatic heterocycles. The van der Waals surface area contributed by atoms with Gasteiger partial charge in [-0.25, -0.2) is 8.42 Å². The Kier molecular flexibility index (Phi) is 7.96. The number of likely N-dealkylation sites (tertiary alicyclic amines) is 1. The smallest absolute Gasteiger partial charge is 0.252 e. The average Bonchev–Trinajstić information content (AvgIpc) is 2.97. The van der Waals surface area contributed by atoms with E-state index in [9.17, 15) is 13.2 Å². The van der Waals surface area contributed by atoms with Crippen LogP contribution in [0.15, 0.2) is 23.1 Å². The Morgan fingerprint density at radius 2 is 1.76 bits per heavy atom. The number of rotatable bonds is 6. The van der Waals surface area contributed by atoms with Gasteiger partial charge in [-0.2, -0.15) is 4.31 Å². The second-order valence-corrected chi connectivity index (χ2v) is 10.6. The molecule has 0 spiro atoms. The van der Waals surface area contributed by atoms with Gasteiger partial charge in [-0.05, 0) is 62.9 Å². The van der Waals surface area contributed by atoms with Gasteiger partial charge in [-0.15, -0.1) is 0 Å². The molecule has 1 N–H and O–H groups in total. The average molecular weight is 442 g/mol. The molecule has 6 nitrogen and oxygen atoms in total. The number of piperidine rings is 1. The van der Waals surface area contributed by atoms with Crippen LogP contribution < -0.4 is 5.32 Å². The number of sulfonamides is 1. The van der Waals surface area contributed by atoms with Crippen molar-refractivity contribution in [3.05, 3.63) is 28.8 Å². The quantitative estimate of drug-likeness (QED) is 0.734. The van der Waals surface area contributed by atoms with Crippen molar-refractivity contribution in [3.63, 3.8) is 0 Å². The summed E-state index contributed by atoms with van der Waals surface area (Å²) in [5, 5.41) is 3.17. The molecule has 2 aliphatic heterocycles. The lowest BCUT2D eigenvalue weighted by atomic mass is 10.0. The van der Waals surface area contributed by atoms with Crippen molar-refractivity contribution in [3.8, 4) is 0 Å². The van der Waals surface area contributed by atoms with Crippen LogP contribution in [0.25, 0.3) is 0 Å². The maximum absolute atomic E-state index is 13.0. The van der Waals surface area contributed by atoms with Crippen molar-refractivity contribution in [2.45, 2.75) is 50.3 Å². The third-order valence-electron chi connectivity index (χ3n) is 5.98. The van der Waals surface area contributed by atoms with Crippen LogP contribution in [-0.4, -0.2) is 62.8 Å². The van der Waals surface area contributed by atoms with Crippen LogP contribution in [0, 0.1) is 5.92 Å². The Hall–Kier alpha value is -1.15. The summed E-state index contributed by atoms with van der Waals surface area (Å²) in [5.74, 6) is 0.214. The Bertz CT molecular complexity index is 799. The summed E-state index contributed by atoms with van der Waals surface area (Å²) in [6.45, 7) is 6.63. The highest BCUT2D eigenvalue weighted by Crippen LogP contribution is 2.26. The SMILES string of the molecule is CC1CCN(S(=O)(=O)c2ccc(Cl)c(C(=O)NCCN3CCCCCC3)c2)CC1. The highest BCUT2D eigenvalue weighted by molar-refractivity contribution is 7.89. The van der Waals surface area contributed by atoms with Crippen molar-refractivity contribution >= 4 is 27.5 Å². The second-order valence-electron chi connectivity index (χ2n) is 8.24. The van der Waals surface area contributed by atoms with E-state index in [4.69, 9.17) is 11.6 Å². The van der Waals surface area contributed by atoms with Crippen molar-refractivity contribution < 1.29 is 13.2 Å². The van der Waals surface area contributed by atoms with Gasteiger partial charge in [0.2, 0.25) is 10.0 Å². The molecule has 8 heteroatoms. The zero-order chi connectivity index (χ0) is 20.9. The van der Waals surface area contributed by atoms with E-state index in [0.29, 0.717) is 25.6 Å². The lowest BCUT2D eigenvalue weighted by Gasteiger charge is -2.29. The van der Waals surface area contributed by atoms with Crippen molar-refractivity contribution in [1.29, 1.82) is 0 Å². The monoisotopic (exact) mass is 441 g/mol. The Labute approximate surface area is 179 Å². The van der Waals surface area contributed by atoms with Gasteiger partial charge in [0.25, 0.3) is 5.91 Å². The molecule has 2 saturated heterocycles. The van der Waals surface area contributed by atoms with Crippen molar-refractivity contribution in [1.82, 2.24) is 14.5 Å². The zero-order valence-electron chi connectivity index (χ0n) is 17.2. The van der Waals surface area contributed by atoms with Gasteiger partial charge in [0.1, 0.15) is 0 Å². The van der Waals surface area contributed by atoms with Gasteiger partial charge >= 0.3 is 0 Å². The van der Waals surface area contributed by atoms with Crippen LogP contribution in [0.4, 0.5) is 0 Å². The van der Waals surface area contributed by atoms with E-state index in [2.05, 4.69) is 17.1 Å². The van der Waals surface area contributed by atoms with E-state index in [-0.39, 0.29) is 21.4 Å². The fourth-order valence-electron chi connectivity index (χ4n) is 4.00. The molecule has 162 valence electrons. The van der Waals surface area contributed by atoms with Gasteiger partial charge < -0.3 is 10.2 Å². The molecule has 0 aliphatic carbocycles. The van der Waals surface area contributed by atoms with E-state index < -0.39 is 10.0 Å². The third-order valence-corrected chi connectivity index (χ3v) is 8.20. The lowest BCUT2D eigenvalue weighted by molar-refractivity contribution is 0.0948. The summed E-state index contributed by atoms with van der Waals surface area (Å²) in [6.07, 6.45) is 6.67. The summed E-state index contributed by atoms with van der Waals surface area (Å²) in [7, 11) is -3.61. The standard InChI is InChI=1S/C21H32ClN3O3S/c1-17-8-13-25(14-9-17)29(27,28)18-6-7-20(22)19(16-18)21(26)23-10-15-24-11-4-2-3-5-12-24/h6-7,16-17H,2-5,8-15H2,1H3,(H,23,26). The van der Waals surface area contributed by atoms with Crippen LogP contribution in [0.1, 0.15) is 55.8 Å². The van der Waals surface area contributed by atoms with Crippen LogP contribution in [0.2, 0.25) is 5.02 Å². The molecule has 0 radical (unpaired) electrons. The number of benzene rings is 1. The van der Waals surface area contributed by atoms with Crippen LogP contribution in [0.5, 0.6) is 0 Å². The van der Waals surface area contributed by atoms with E-state index in [1.807, 2.05) is 0 Å². The Morgan fingerprint density at radius 1 is 1.10 bits per heavy atom. The molecule has 0 saturated carbocycles. The summed E-state index contributed by atoms with van der Waals surface area (Å²) < 4.78 is 27.5. The summed E-state index contributed by atoms with van der Waals surface area (Å²) in [6, 6.07) is 4.41. The molecular weight excluding hydrogens is 410 g/mol. The van der Waals surface area contributed by atoms with Crippen molar-refractivity contribution in [2.75, 3.05) is 39.3 Å². The Balaban J connectivity index is 1.64. The number of hydrogen-bond donors (Lipinski definition) is 1. The number of amides is 1. The predicted octanol–water partition coefficient (Wildman–Crippen LogP) is 3.37. The second kappa shape index (κ2) is 10.2. The summed E-state index contributed by atoms with van der Waals surface area (Å²) in [4.78, 5) is 15.2. The van der Waals surface area contributed by atoms with Gasteiger partial charge in [0.05, 0.1) is 15.5 Å². The normalized spacial score (nSPS) is 20.3. The zero-order valence-corrected chi connectivity index (χ0v) is 18.8. The number of nitrogens with zero attached hydrogens (tertiary/aromatic N) is 2. The number of halogens is 1. The van der Waals surface area contributed by atoms with Crippen LogP contribution in [0.3, 0.4) is 0 Å². The highest BCUT2D eigenvalue weighted by Gasteiger charge is 2.29. The minimum absolute atomic E-state index is 0.133. The molecule has 3 rings (SSSR count). The molecule has 2 heterocycles. The summed E-state index contributed by atoms with van der Waals surface area (Å²) in [5.41, 5.74) is 0.217. The molecule has 0 atom stereocenters. The Morgan fingerprint density at radius 3 is 2.41 bits per heavy atom. The fraction of sp³-hybridized carbons (Fsp3) is 0.667. The first-order chi connectivity index (χ1) is 13.9. The number of nitrogens with one attached hydrogen (secondary N) is 1. The van der Waals surface area contributed by atoms with Crippen LogP contribution >= 0.6 is 11.6 Å². The molecule has 1 aromatic rings. The highest BCUT2D eigenvalue weighted by atomic mass is 35.5. The predicted molar refractivity (Wildman–Crippen MR) is 116 cm³/mol. The van der Waals surface area contributed by atoms with E-state index in [0.717, 1.165) is 32.5 Å². The van der Waals surface area contributed by atoms with E-state index >= 15 is 0 Å². The minimum atomic E-state index is -3.61. The molecule has 0 bridgehead atoms. The fourth-order valence-corrected chi connectivity index (χ4v) is 5.70. The van der Waals surface area contributed by atoms with Gasteiger partial charge in [-0.1, -0.05) is 31.4 Å². The van der Waals surface area contributed by atoms with Gasteiger partial charge in [0, 0.05) is 26.2 Å². The molecule has 0 unspecified atom stereocenters. The van der Waals surface area contributed by atoms with E-state index in [1.54, 1.807) is 0 Å². The van der Waals surface area contributed by atoms with Gasteiger partial charge in [0.15, 0.2) is 0 Å². The van der Waals surface area contributed by atoms with Crippen LogP contribution in [-0.2, 0) is 10.0 Å². The molecule has 29 heavy (non-hydrogen) atoms. The molecular formula is C21H32ClN3O3S. The summed E-state index contributed by atoms with van der Waals surface area (Å²) >= 11 is 6.22. The third kappa shape index (κ3) is 5.94. The molecule has 1 aromatic carbocycles. The number of carbonyl (C=O) groups excluding carboxylic acids is 1. The maximum Gasteiger partial charge on any atom is 0.252 e.